The zero-order chi connectivity index (χ0) is 27.4. The number of hydrogen-bond donors (Lipinski definition) is 2. The average Bonchev–Trinajstić information content (AvgIpc) is 3.66. The van der Waals surface area contributed by atoms with Crippen LogP contribution >= 0.6 is 0 Å². The summed E-state index contributed by atoms with van der Waals surface area (Å²) in [6, 6.07) is 14.6. The van der Waals surface area contributed by atoms with Crippen LogP contribution in [0.3, 0.4) is 0 Å². The molecule has 0 aliphatic heterocycles. The molecule has 0 spiro atoms. The van der Waals surface area contributed by atoms with Gasteiger partial charge >= 0.3 is 0 Å². The highest BCUT2D eigenvalue weighted by Crippen LogP contribution is 2.50. The number of pyridine rings is 2. The number of hydrogen-bond acceptors (Lipinski definition) is 5. The van der Waals surface area contributed by atoms with Gasteiger partial charge in [-0.2, -0.15) is 0 Å². The molecule has 2 N–H and O–H groups in total. The van der Waals surface area contributed by atoms with Crippen LogP contribution in [-0.2, 0) is 30.5 Å². The molecule has 0 radical (unpaired) electrons. The molecule has 1 aromatic carbocycles. The maximum Gasteiger partial charge on any atom is 0.106 e. The number of rotatable bonds is 11. The van der Waals surface area contributed by atoms with Gasteiger partial charge in [0.2, 0.25) is 0 Å². The van der Waals surface area contributed by atoms with Crippen molar-refractivity contribution in [1.82, 2.24) is 15.3 Å². The van der Waals surface area contributed by atoms with Gasteiger partial charge in [0.15, 0.2) is 0 Å². The fraction of sp³-hybridized carbons (Fsp3) is 0.438. The van der Waals surface area contributed by atoms with E-state index in [0.29, 0.717) is 18.7 Å². The molecule has 1 saturated carbocycles. The van der Waals surface area contributed by atoms with Gasteiger partial charge in [0, 0.05) is 52.9 Å². The minimum atomic E-state index is -0.986. The third kappa shape index (κ3) is 7.06. The Balaban J connectivity index is 1.32. The second-order valence-corrected chi connectivity index (χ2v) is 11.4. The van der Waals surface area contributed by atoms with Crippen LogP contribution in [0.15, 0.2) is 61.1 Å². The number of aliphatic hydroxyl groups is 1. The maximum atomic E-state index is 13.3. The van der Waals surface area contributed by atoms with Crippen LogP contribution in [0.1, 0.15) is 67.1 Å². The van der Waals surface area contributed by atoms with Gasteiger partial charge in [0.1, 0.15) is 13.1 Å². The van der Waals surface area contributed by atoms with Crippen molar-refractivity contribution in [3.63, 3.8) is 0 Å². The Kier molecular flexibility index (Phi) is 8.34. The highest BCUT2D eigenvalue weighted by Gasteiger charge is 2.50. The van der Waals surface area contributed by atoms with Crippen molar-refractivity contribution >= 4 is 0 Å². The van der Waals surface area contributed by atoms with E-state index in [-0.39, 0.29) is 11.5 Å². The van der Waals surface area contributed by atoms with E-state index in [1.165, 1.54) is 11.1 Å². The fourth-order valence-electron chi connectivity index (χ4n) is 5.08. The van der Waals surface area contributed by atoms with Crippen molar-refractivity contribution < 1.29 is 9.75 Å². The van der Waals surface area contributed by atoms with Gasteiger partial charge in [-0.15, -0.1) is 5.92 Å². The number of quaternary nitrogens is 1. The van der Waals surface area contributed by atoms with Crippen molar-refractivity contribution in [3.8, 4) is 11.8 Å². The van der Waals surface area contributed by atoms with Crippen molar-refractivity contribution in [2.45, 2.75) is 77.1 Å². The Bertz CT molecular complexity index is 1280. The predicted molar refractivity (Wildman–Crippen MR) is 152 cm³/mol. The third-order valence-electron chi connectivity index (χ3n) is 7.44. The Morgan fingerprint density at radius 1 is 1.05 bits per heavy atom. The van der Waals surface area contributed by atoms with Crippen LogP contribution in [0.5, 0.6) is 0 Å². The van der Waals surface area contributed by atoms with Gasteiger partial charge in [-0.05, 0) is 70.2 Å². The number of nitrogens with zero attached hydrogens (tertiary/aromatic N) is 3. The summed E-state index contributed by atoms with van der Waals surface area (Å²) < 4.78 is -0.439. The van der Waals surface area contributed by atoms with Gasteiger partial charge < -0.3 is 20.3 Å². The summed E-state index contributed by atoms with van der Waals surface area (Å²) in [5.41, 5.74) is 5.15. The number of hydroxylamine groups is 3. The molecule has 2 atom stereocenters. The van der Waals surface area contributed by atoms with Crippen molar-refractivity contribution in [2.75, 3.05) is 13.6 Å². The first-order valence-corrected chi connectivity index (χ1v) is 13.4. The second-order valence-electron chi connectivity index (χ2n) is 11.4. The molecule has 6 heteroatoms. The topological polar surface area (TPSA) is 81.1 Å². The van der Waals surface area contributed by atoms with E-state index in [4.69, 9.17) is 0 Å². The molecule has 1 fully saturated rings. The van der Waals surface area contributed by atoms with Crippen LogP contribution in [0.2, 0.25) is 0 Å². The first-order chi connectivity index (χ1) is 18.0. The van der Waals surface area contributed by atoms with Gasteiger partial charge in [-0.25, -0.2) is 0 Å². The number of benzene rings is 1. The predicted octanol–water partition coefficient (Wildman–Crippen LogP) is 4.91. The Morgan fingerprint density at radius 3 is 2.34 bits per heavy atom. The SMILES string of the molecule is CC#CC(NCCc1ccc(C[N+](C)([O-])Cc2cncc(C(C)(C)O)c2)cc1)C1(c2ccc(C)nc2)CC1. The number of aryl methyl sites for hydroxylation is 1. The largest absolute Gasteiger partial charge is 0.632 e. The molecule has 200 valence electrons. The third-order valence-corrected chi connectivity index (χ3v) is 7.44. The van der Waals surface area contributed by atoms with Crippen LogP contribution in [-0.4, -0.2) is 39.4 Å². The first kappa shape index (κ1) is 27.9. The quantitative estimate of drug-likeness (QED) is 0.217. The molecular formula is C32H40N4O2. The van der Waals surface area contributed by atoms with Crippen LogP contribution in [0.4, 0.5) is 0 Å². The van der Waals surface area contributed by atoms with Crippen LogP contribution < -0.4 is 5.32 Å². The Morgan fingerprint density at radius 2 is 1.74 bits per heavy atom. The summed E-state index contributed by atoms with van der Waals surface area (Å²) >= 11 is 0. The van der Waals surface area contributed by atoms with Crippen molar-refractivity contribution in [3.05, 3.63) is 99.8 Å². The smallest absolute Gasteiger partial charge is 0.106 e. The lowest BCUT2D eigenvalue weighted by molar-refractivity contribution is -0.887. The summed E-state index contributed by atoms with van der Waals surface area (Å²) in [6.45, 7) is 8.85. The van der Waals surface area contributed by atoms with Crippen molar-refractivity contribution in [2.24, 2.45) is 0 Å². The molecule has 0 bridgehead atoms. The average molecular weight is 513 g/mol. The van der Waals surface area contributed by atoms with Crippen LogP contribution in [0, 0.1) is 24.0 Å². The molecule has 2 heterocycles. The van der Waals surface area contributed by atoms with Gasteiger partial charge in [-0.3, -0.25) is 9.97 Å². The highest BCUT2D eigenvalue weighted by atomic mass is 16.5. The number of nitrogens with one attached hydrogen (secondary N) is 1. The van der Waals surface area contributed by atoms with E-state index >= 15 is 0 Å². The van der Waals surface area contributed by atoms with E-state index in [0.717, 1.165) is 42.6 Å². The zero-order valence-electron chi connectivity index (χ0n) is 23.3. The van der Waals surface area contributed by atoms with Crippen molar-refractivity contribution in [1.29, 1.82) is 0 Å². The molecule has 4 rings (SSSR count). The van der Waals surface area contributed by atoms with Crippen LogP contribution in [0.25, 0.3) is 0 Å². The molecule has 2 aromatic heterocycles. The lowest BCUT2D eigenvalue weighted by Gasteiger charge is -2.39. The normalized spacial score (nSPS) is 16.7. The first-order valence-electron chi connectivity index (χ1n) is 13.4. The second kappa shape index (κ2) is 11.3. The summed E-state index contributed by atoms with van der Waals surface area (Å²) in [5.74, 6) is 6.53. The minimum Gasteiger partial charge on any atom is -0.632 e. The lowest BCUT2D eigenvalue weighted by atomic mass is 9.89. The molecule has 1 aliphatic rings. The molecule has 1 aliphatic carbocycles. The highest BCUT2D eigenvalue weighted by molar-refractivity contribution is 5.37. The molecule has 2 unspecified atom stereocenters. The molecule has 6 nitrogen and oxygen atoms in total. The summed E-state index contributed by atoms with van der Waals surface area (Å²) in [7, 11) is 1.68. The maximum absolute atomic E-state index is 13.3. The van der Waals surface area contributed by atoms with E-state index in [2.05, 4.69) is 63.5 Å². The van der Waals surface area contributed by atoms with Gasteiger partial charge in [-0.1, -0.05) is 36.3 Å². The van der Waals surface area contributed by atoms with Gasteiger partial charge in [0.05, 0.1) is 18.7 Å². The molecule has 0 amide bonds. The monoisotopic (exact) mass is 512 g/mol. The number of aromatic nitrogens is 2. The minimum absolute atomic E-state index is 0.0615. The Hall–Kier alpha value is -3.08. The Labute approximate surface area is 227 Å². The summed E-state index contributed by atoms with van der Waals surface area (Å²) in [4.78, 5) is 8.73. The molecular weight excluding hydrogens is 472 g/mol. The van der Waals surface area contributed by atoms with E-state index < -0.39 is 10.2 Å². The lowest BCUT2D eigenvalue weighted by Crippen LogP contribution is -2.40. The van der Waals surface area contributed by atoms with E-state index in [1.54, 1.807) is 33.3 Å². The summed E-state index contributed by atoms with van der Waals surface area (Å²) in [6.07, 6.45) is 8.51. The van der Waals surface area contributed by atoms with Gasteiger partial charge in [0.25, 0.3) is 0 Å². The van der Waals surface area contributed by atoms with E-state index in [1.807, 2.05) is 26.1 Å². The molecule has 38 heavy (non-hydrogen) atoms. The molecule has 3 aromatic rings. The fourth-order valence-corrected chi connectivity index (χ4v) is 5.08. The zero-order valence-corrected chi connectivity index (χ0v) is 23.3. The summed E-state index contributed by atoms with van der Waals surface area (Å²) in [5, 5.41) is 27.2. The van der Waals surface area contributed by atoms with E-state index in [9.17, 15) is 10.3 Å². The standard InChI is InChI=1S/C32H40N4O2/c1-6-7-30(32(15-16-32)28-13-8-24(2)35-21-28)34-17-14-25-9-11-26(12-10-25)22-36(5,38)23-27-18-29(20-33-19-27)31(3,4)37/h8-13,18-21,30,34,37H,14-17,22-23H2,1-5H3. The molecule has 0 saturated heterocycles.